The first-order chi connectivity index (χ1) is 13.3. The first-order valence-electron chi connectivity index (χ1n) is 9.01. The van der Waals surface area contributed by atoms with Crippen molar-refractivity contribution in [1.29, 1.82) is 0 Å². The molecule has 8 heteroatoms. The molecular formula is C20H20N2O5S. The third kappa shape index (κ3) is 2.93. The van der Waals surface area contributed by atoms with Crippen LogP contribution in [-0.4, -0.2) is 33.9 Å². The standard InChI is InChI=1S/C20H20N2O5S/c1-12-17-11-16(10-14-4-3-9-22(18(14)17)19(12)23)28(25,26)21-15-7-5-13(6-8-15)20(24)27-2/h5-8,10-12,21H,3-4,9H2,1-2H3/t12-/m1/s1. The Bertz CT molecular complexity index is 1080. The minimum atomic E-state index is -3.84. The molecule has 0 bridgehead atoms. The molecule has 28 heavy (non-hydrogen) atoms. The number of anilines is 2. The number of ether oxygens (including phenoxy) is 1. The minimum Gasteiger partial charge on any atom is -0.465 e. The molecule has 0 radical (unpaired) electrons. The predicted molar refractivity (Wildman–Crippen MR) is 104 cm³/mol. The molecule has 0 aliphatic carbocycles. The van der Waals surface area contributed by atoms with Crippen molar-refractivity contribution in [2.24, 2.45) is 0 Å². The molecule has 0 unspecified atom stereocenters. The van der Waals surface area contributed by atoms with Gasteiger partial charge in [0.15, 0.2) is 0 Å². The van der Waals surface area contributed by atoms with Gasteiger partial charge in [0.2, 0.25) is 5.91 Å². The molecule has 2 heterocycles. The summed E-state index contributed by atoms with van der Waals surface area (Å²) in [6.45, 7) is 2.49. The Kier molecular flexibility index (Phi) is 4.38. The van der Waals surface area contributed by atoms with E-state index in [9.17, 15) is 18.0 Å². The molecule has 1 N–H and O–H groups in total. The van der Waals surface area contributed by atoms with Gasteiger partial charge >= 0.3 is 5.97 Å². The van der Waals surface area contributed by atoms with Gasteiger partial charge in [-0.05, 0) is 67.3 Å². The number of hydrogen-bond donors (Lipinski definition) is 1. The molecule has 0 saturated heterocycles. The zero-order valence-electron chi connectivity index (χ0n) is 15.6. The van der Waals surface area contributed by atoms with E-state index in [4.69, 9.17) is 0 Å². The zero-order valence-corrected chi connectivity index (χ0v) is 16.4. The maximum absolute atomic E-state index is 12.9. The van der Waals surface area contributed by atoms with E-state index >= 15 is 0 Å². The summed E-state index contributed by atoms with van der Waals surface area (Å²) in [6, 6.07) is 9.26. The number of sulfonamides is 1. The molecule has 1 amide bonds. The number of carbonyl (C=O) groups excluding carboxylic acids is 2. The molecule has 2 aromatic rings. The summed E-state index contributed by atoms with van der Waals surface area (Å²) < 4.78 is 33.0. The highest BCUT2D eigenvalue weighted by Gasteiger charge is 2.38. The van der Waals surface area contributed by atoms with E-state index in [0.717, 1.165) is 29.7 Å². The van der Waals surface area contributed by atoms with Crippen molar-refractivity contribution in [2.75, 3.05) is 23.3 Å². The second kappa shape index (κ2) is 6.63. The van der Waals surface area contributed by atoms with Gasteiger partial charge in [0.1, 0.15) is 0 Å². The van der Waals surface area contributed by atoms with Crippen LogP contribution in [0.4, 0.5) is 11.4 Å². The van der Waals surface area contributed by atoms with Gasteiger partial charge in [-0.3, -0.25) is 9.52 Å². The Balaban J connectivity index is 1.67. The normalized spacial score (nSPS) is 18.0. The molecule has 4 rings (SSSR count). The lowest BCUT2D eigenvalue weighted by molar-refractivity contribution is -0.119. The Morgan fingerprint density at radius 2 is 1.93 bits per heavy atom. The van der Waals surface area contributed by atoms with Gasteiger partial charge in [-0.25, -0.2) is 13.2 Å². The van der Waals surface area contributed by atoms with E-state index in [1.54, 1.807) is 17.0 Å². The molecule has 0 aromatic heterocycles. The van der Waals surface area contributed by atoms with Crippen LogP contribution >= 0.6 is 0 Å². The Labute approximate surface area is 163 Å². The second-order valence-electron chi connectivity index (χ2n) is 7.01. The summed E-state index contributed by atoms with van der Waals surface area (Å²) >= 11 is 0. The average Bonchev–Trinajstić information content (AvgIpc) is 2.94. The quantitative estimate of drug-likeness (QED) is 0.797. The summed E-state index contributed by atoms with van der Waals surface area (Å²) in [6.07, 6.45) is 1.56. The Morgan fingerprint density at radius 3 is 2.61 bits per heavy atom. The van der Waals surface area contributed by atoms with Crippen molar-refractivity contribution in [3.05, 3.63) is 53.1 Å². The van der Waals surface area contributed by atoms with Crippen molar-refractivity contribution < 1.29 is 22.7 Å². The van der Waals surface area contributed by atoms with Crippen molar-refractivity contribution in [1.82, 2.24) is 0 Å². The lowest BCUT2D eigenvalue weighted by Crippen LogP contribution is -2.32. The average molecular weight is 400 g/mol. The second-order valence-corrected chi connectivity index (χ2v) is 8.69. The van der Waals surface area contributed by atoms with Crippen molar-refractivity contribution in [2.45, 2.75) is 30.6 Å². The van der Waals surface area contributed by atoms with Gasteiger partial charge in [0, 0.05) is 12.2 Å². The van der Waals surface area contributed by atoms with Gasteiger partial charge in [0.25, 0.3) is 10.0 Å². The van der Waals surface area contributed by atoms with Crippen LogP contribution in [-0.2, 0) is 26.0 Å². The molecule has 1 atom stereocenters. The molecule has 0 fully saturated rings. The van der Waals surface area contributed by atoms with Crippen LogP contribution < -0.4 is 9.62 Å². The van der Waals surface area contributed by atoms with Crippen molar-refractivity contribution in [3.63, 3.8) is 0 Å². The molecule has 2 aliphatic rings. The van der Waals surface area contributed by atoms with Crippen LogP contribution in [0.15, 0.2) is 41.3 Å². The van der Waals surface area contributed by atoms with Gasteiger partial charge < -0.3 is 9.64 Å². The highest BCUT2D eigenvalue weighted by Crippen LogP contribution is 2.44. The van der Waals surface area contributed by atoms with E-state index in [0.29, 0.717) is 17.8 Å². The smallest absolute Gasteiger partial charge is 0.337 e. The van der Waals surface area contributed by atoms with Crippen molar-refractivity contribution in [3.8, 4) is 0 Å². The highest BCUT2D eigenvalue weighted by atomic mass is 32.2. The Hall–Kier alpha value is -2.87. The number of nitrogens with zero attached hydrogens (tertiary/aromatic N) is 1. The van der Waals surface area contributed by atoms with Crippen LogP contribution in [0.1, 0.15) is 40.7 Å². The van der Waals surface area contributed by atoms with E-state index in [-0.39, 0.29) is 16.7 Å². The topological polar surface area (TPSA) is 92.8 Å². The number of carbonyl (C=O) groups is 2. The van der Waals surface area contributed by atoms with E-state index < -0.39 is 16.0 Å². The summed E-state index contributed by atoms with van der Waals surface area (Å²) in [5.74, 6) is -0.812. The highest BCUT2D eigenvalue weighted by molar-refractivity contribution is 7.92. The largest absolute Gasteiger partial charge is 0.465 e. The van der Waals surface area contributed by atoms with Gasteiger partial charge in [-0.2, -0.15) is 0 Å². The number of rotatable bonds is 4. The van der Waals surface area contributed by atoms with E-state index in [1.165, 1.54) is 31.4 Å². The summed E-state index contributed by atoms with van der Waals surface area (Å²) in [5, 5.41) is 0. The van der Waals surface area contributed by atoms with Crippen LogP contribution in [0.2, 0.25) is 0 Å². The molecule has 0 spiro atoms. The van der Waals surface area contributed by atoms with E-state index in [1.807, 2.05) is 6.92 Å². The fourth-order valence-electron chi connectivity index (χ4n) is 3.83. The molecule has 2 aliphatic heterocycles. The number of nitrogens with one attached hydrogen (secondary N) is 1. The van der Waals surface area contributed by atoms with Crippen LogP contribution in [0.5, 0.6) is 0 Å². The van der Waals surface area contributed by atoms with Crippen LogP contribution in [0.25, 0.3) is 0 Å². The number of esters is 1. The fourth-order valence-corrected chi connectivity index (χ4v) is 4.97. The maximum Gasteiger partial charge on any atom is 0.337 e. The predicted octanol–water partition coefficient (Wildman–Crippen LogP) is 2.67. The van der Waals surface area contributed by atoms with Gasteiger partial charge in [-0.1, -0.05) is 0 Å². The van der Waals surface area contributed by atoms with Crippen LogP contribution in [0.3, 0.4) is 0 Å². The summed E-state index contributed by atoms with van der Waals surface area (Å²) in [5.41, 5.74) is 3.21. The summed E-state index contributed by atoms with van der Waals surface area (Å²) in [4.78, 5) is 25.9. The summed E-state index contributed by atoms with van der Waals surface area (Å²) in [7, 11) is -2.55. The SMILES string of the molecule is COC(=O)c1ccc(NS(=O)(=O)c2cc3c4c(c2)[C@@H](C)C(=O)N4CCC3)cc1. The number of aryl methyl sites for hydroxylation is 1. The van der Waals surface area contributed by atoms with Crippen LogP contribution in [0, 0.1) is 0 Å². The van der Waals surface area contributed by atoms with E-state index in [2.05, 4.69) is 9.46 Å². The molecule has 146 valence electrons. The maximum atomic E-state index is 12.9. The van der Waals surface area contributed by atoms with Crippen molar-refractivity contribution >= 4 is 33.3 Å². The monoisotopic (exact) mass is 400 g/mol. The molecule has 7 nitrogen and oxygen atoms in total. The zero-order chi connectivity index (χ0) is 20.1. The molecule has 0 saturated carbocycles. The first kappa shape index (κ1) is 18.5. The minimum absolute atomic E-state index is 0.0249. The lowest BCUT2D eigenvalue weighted by atomic mass is 9.97. The molecule has 2 aromatic carbocycles. The Morgan fingerprint density at radius 1 is 1.21 bits per heavy atom. The lowest BCUT2D eigenvalue weighted by Gasteiger charge is -2.26. The number of hydrogen-bond acceptors (Lipinski definition) is 5. The third-order valence-electron chi connectivity index (χ3n) is 5.26. The fraction of sp³-hybridized carbons (Fsp3) is 0.300. The number of amides is 1. The number of methoxy groups -OCH3 is 1. The first-order valence-corrected chi connectivity index (χ1v) is 10.5. The van der Waals surface area contributed by atoms with Gasteiger partial charge in [-0.15, -0.1) is 0 Å². The van der Waals surface area contributed by atoms with Gasteiger partial charge in [0.05, 0.1) is 29.2 Å². The number of benzene rings is 2. The third-order valence-corrected chi connectivity index (χ3v) is 6.62. The molecular weight excluding hydrogens is 380 g/mol.